The Morgan fingerprint density at radius 3 is 1.72 bits per heavy atom. The average Bonchev–Trinajstić information content (AvgIpc) is 3.36. The van der Waals surface area contributed by atoms with E-state index in [0.29, 0.717) is 17.9 Å². The van der Waals surface area contributed by atoms with Crippen LogP contribution >= 0.6 is 0 Å². The number of amides is 3. The van der Waals surface area contributed by atoms with E-state index < -0.39 is 36.3 Å². The number of carbonyl (C=O) groups is 5. The zero-order valence-corrected chi connectivity index (χ0v) is 25.8. The molecule has 1 fully saturated rings. The lowest BCUT2D eigenvalue weighted by Gasteiger charge is -2.45. The van der Waals surface area contributed by atoms with E-state index in [2.05, 4.69) is 5.32 Å². The minimum atomic E-state index is -0.844. The molecule has 1 N–H and O–H groups in total. The van der Waals surface area contributed by atoms with Crippen molar-refractivity contribution < 1.29 is 33.4 Å². The van der Waals surface area contributed by atoms with Gasteiger partial charge in [-0.1, -0.05) is 74.5 Å². The molecule has 47 heavy (non-hydrogen) atoms. The van der Waals surface area contributed by atoms with Crippen LogP contribution in [-0.4, -0.2) is 42.9 Å². The summed E-state index contributed by atoms with van der Waals surface area (Å²) in [5, 5.41) is 2.63. The molecule has 9 heteroatoms. The first-order valence-electron chi connectivity index (χ1n) is 15.6. The smallest absolute Gasteiger partial charge is 0.340 e. The second-order valence-corrected chi connectivity index (χ2v) is 12.5. The zero-order valence-electron chi connectivity index (χ0n) is 25.8. The van der Waals surface area contributed by atoms with Crippen molar-refractivity contribution in [3.05, 3.63) is 130 Å². The average molecular weight is 629 g/mol. The standard InChI is InChI=1S/C38H32N2O7/c1-21(2)19-46-37(44)22-15-17-23(18-16-22)39-30(41)20-47-38(45)28-13-7-8-14-29(28)40-35(42)33-31-24-9-3-4-10-25(24)32(34(33)36(40)43)27-12-6-5-11-26(27)31/h3-18,21,31-34H,19-20H2,1-2H3,(H,39,41)/t31?,32?,33-,34+. The van der Waals surface area contributed by atoms with Crippen LogP contribution < -0.4 is 10.2 Å². The largest absolute Gasteiger partial charge is 0.462 e. The van der Waals surface area contributed by atoms with Crippen LogP contribution in [0.15, 0.2) is 97.1 Å². The molecule has 3 aliphatic carbocycles. The second kappa shape index (κ2) is 12.0. The van der Waals surface area contributed by atoms with Crippen LogP contribution in [-0.2, 0) is 23.9 Å². The van der Waals surface area contributed by atoms with Crippen molar-refractivity contribution in [2.24, 2.45) is 17.8 Å². The number of ether oxygens (including phenoxy) is 2. The van der Waals surface area contributed by atoms with Gasteiger partial charge in [0.05, 0.1) is 35.3 Å². The van der Waals surface area contributed by atoms with E-state index in [0.717, 1.165) is 27.2 Å². The molecule has 1 saturated heterocycles. The molecule has 0 saturated carbocycles. The lowest BCUT2D eigenvalue weighted by atomic mass is 9.55. The molecular weight excluding hydrogens is 596 g/mol. The molecule has 2 bridgehead atoms. The molecule has 1 heterocycles. The topological polar surface area (TPSA) is 119 Å². The van der Waals surface area contributed by atoms with Crippen molar-refractivity contribution in [1.82, 2.24) is 0 Å². The fourth-order valence-corrected chi connectivity index (χ4v) is 7.18. The molecule has 8 rings (SSSR count). The number of esters is 2. The van der Waals surface area contributed by atoms with Crippen LogP contribution in [0.1, 0.15) is 68.7 Å². The van der Waals surface area contributed by atoms with Crippen molar-refractivity contribution >= 4 is 41.0 Å². The van der Waals surface area contributed by atoms with E-state index in [-0.39, 0.29) is 40.8 Å². The molecule has 0 radical (unpaired) electrons. The molecule has 4 aliphatic rings. The summed E-state index contributed by atoms with van der Waals surface area (Å²) in [4.78, 5) is 67.7. The summed E-state index contributed by atoms with van der Waals surface area (Å²) in [5.74, 6) is -4.16. The maximum absolute atomic E-state index is 14.2. The molecule has 9 nitrogen and oxygen atoms in total. The normalized spacial score (nSPS) is 20.4. The summed E-state index contributed by atoms with van der Waals surface area (Å²) in [6.07, 6.45) is 0. The van der Waals surface area contributed by atoms with Crippen molar-refractivity contribution in [1.29, 1.82) is 0 Å². The number of carbonyl (C=O) groups excluding carboxylic acids is 5. The van der Waals surface area contributed by atoms with Crippen LogP contribution in [0.25, 0.3) is 0 Å². The Hall–Kier alpha value is -5.57. The molecule has 0 spiro atoms. The van der Waals surface area contributed by atoms with Crippen LogP contribution in [0.3, 0.4) is 0 Å². The first-order chi connectivity index (χ1) is 22.7. The van der Waals surface area contributed by atoms with E-state index in [1.165, 1.54) is 18.2 Å². The van der Waals surface area contributed by atoms with Gasteiger partial charge in [-0.25, -0.2) is 14.5 Å². The number of nitrogens with zero attached hydrogens (tertiary/aromatic N) is 1. The molecule has 3 amide bonds. The lowest BCUT2D eigenvalue weighted by Crippen LogP contribution is -2.41. The molecular formula is C38H32N2O7. The highest BCUT2D eigenvalue weighted by Gasteiger charge is 2.62. The summed E-state index contributed by atoms with van der Waals surface area (Å²) in [5.41, 5.74) is 5.11. The zero-order chi connectivity index (χ0) is 32.8. The van der Waals surface area contributed by atoms with Gasteiger partial charge in [-0.05, 0) is 64.6 Å². The Balaban J connectivity index is 1.07. The van der Waals surface area contributed by atoms with Gasteiger partial charge in [0, 0.05) is 17.5 Å². The third-order valence-corrected chi connectivity index (χ3v) is 9.10. The summed E-state index contributed by atoms with van der Waals surface area (Å²) in [6.45, 7) is 3.58. The van der Waals surface area contributed by atoms with Gasteiger partial charge in [0.2, 0.25) is 11.8 Å². The number of imide groups is 1. The summed E-state index contributed by atoms with van der Waals surface area (Å²) < 4.78 is 10.6. The Labute approximate surface area is 271 Å². The minimum Gasteiger partial charge on any atom is -0.462 e. The fraction of sp³-hybridized carbons (Fsp3) is 0.237. The monoisotopic (exact) mass is 628 g/mol. The van der Waals surface area contributed by atoms with E-state index >= 15 is 0 Å². The van der Waals surface area contributed by atoms with Gasteiger partial charge in [-0.3, -0.25) is 14.4 Å². The van der Waals surface area contributed by atoms with Gasteiger partial charge in [0.25, 0.3) is 5.91 Å². The van der Waals surface area contributed by atoms with Crippen LogP contribution in [0.4, 0.5) is 11.4 Å². The van der Waals surface area contributed by atoms with E-state index in [9.17, 15) is 24.0 Å². The molecule has 2 atom stereocenters. The van der Waals surface area contributed by atoms with Crippen LogP contribution in [0.5, 0.6) is 0 Å². The molecule has 4 aromatic carbocycles. The first kappa shape index (κ1) is 30.1. The maximum atomic E-state index is 14.2. The minimum absolute atomic E-state index is 0.00675. The number of benzene rings is 4. The molecule has 4 aromatic rings. The van der Waals surface area contributed by atoms with Gasteiger partial charge in [-0.2, -0.15) is 0 Å². The Bertz CT molecular complexity index is 1820. The predicted molar refractivity (Wildman–Crippen MR) is 173 cm³/mol. The SMILES string of the molecule is CC(C)COC(=O)c1ccc(NC(=O)COC(=O)c2ccccc2N2C(=O)[C@@H]3C4c5ccccc5C(c5ccccc54)[C@@H]3C2=O)cc1. The molecule has 1 aliphatic heterocycles. The molecule has 236 valence electrons. The Morgan fingerprint density at radius 2 is 1.19 bits per heavy atom. The Kier molecular flexibility index (Phi) is 7.67. The number of hydrogen-bond donors (Lipinski definition) is 1. The number of para-hydroxylation sites is 1. The fourth-order valence-electron chi connectivity index (χ4n) is 7.18. The third kappa shape index (κ3) is 5.17. The summed E-state index contributed by atoms with van der Waals surface area (Å²) >= 11 is 0. The van der Waals surface area contributed by atoms with Crippen LogP contribution in [0.2, 0.25) is 0 Å². The summed E-state index contributed by atoms with van der Waals surface area (Å²) in [7, 11) is 0. The number of hydrogen-bond acceptors (Lipinski definition) is 7. The van der Waals surface area contributed by atoms with Crippen molar-refractivity contribution in [3.63, 3.8) is 0 Å². The lowest BCUT2D eigenvalue weighted by molar-refractivity contribution is -0.122. The van der Waals surface area contributed by atoms with E-state index in [1.807, 2.05) is 62.4 Å². The van der Waals surface area contributed by atoms with Crippen molar-refractivity contribution in [2.45, 2.75) is 25.7 Å². The highest BCUT2D eigenvalue weighted by atomic mass is 16.5. The van der Waals surface area contributed by atoms with Gasteiger partial charge in [0.1, 0.15) is 0 Å². The number of anilines is 2. The number of nitrogens with one attached hydrogen (secondary N) is 1. The van der Waals surface area contributed by atoms with Crippen molar-refractivity contribution in [2.75, 3.05) is 23.4 Å². The highest BCUT2D eigenvalue weighted by molar-refractivity contribution is 6.25. The highest BCUT2D eigenvalue weighted by Crippen LogP contribution is 2.61. The van der Waals surface area contributed by atoms with E-state index in [1.54, 1.807) is 30.3 Å². The second-order valence-electron chi connectivity index (χ2n) is 12.5. The predicted octanol–water partition coefficient (Wildman–Crippen LogP) is 5.69. The Morgan fingerprint density at radius 1 is 0.681 bits per heavy atom. The molecule has 0 unspecified atom stereocenters. The maximum Gasteiger partial charge on any atom is 0.340 e. The first-order valence-corrected chi connectivity index (χ1v) is 15.6. The third-order valence-electron chi connectivity index (χ3n) is 9.10. The molecule has 0 aromatic heterocycles. The number of rotatable bonds is 8. The summed E-state index contributed by atoms with van der Waals surface area (Å²) in [6, 6.07) is 28.4. The van der Waals surface area contributed by atoms with Gasteiger partial charge in [-0.15, -0.1) is 0 Å². The van der Waals surface area contributed by atoms with Crippen LogP contribution in [0, 0.1) is 17.8 Å². The quantitative estimate of drug-likeness (QED) is 0.197. The van der Waals surface area contributed by atoms with E-state index in [4.69, 9.17) is 9.47 Å². The van der Waals surface area contributed by atoms with Gasteiger partial charge in [0.15, 0.2) is 6.61 Å². The van der Waals surface area contributed by atoms with Crippen molar-refractivity contribution in [3.8, 4) is 0 Å². The van der Waals surface area contributed by atoms with Gasteiger partial charge >= 0.3 is 11.9 Å². The van der Waals surface area contributed by atoms with Gasteiger partial charge < -0.3 is 14.8 Å².